The highest BCUT2D eigenvalue weighted by molar-refractivity contribution is 7.98. The summed E-state index contributed by atoms with van der Waals surface area (Å²) in [4.78, 5) is 1.16. The molecule has 2 aromatic carbocycles. The molecule has 0 atom stereocenters. The van der Waals surface area contributed by atoms with Gasteiger partial charge in [-0.15, -0.1) is 11.8 Å². The van der Waals surface area contributed by atoms with E-state index in [4.69, 9.17) is 33.3 Å². The molecule has 23 heavy (non-hydrogen) atoms. The summed E-state index contributed by atoms with van der Waals surface area (Å²) in [5.41, 5.74) is 1.57. The van der Waals surface area contributed by atoms with Crippen LogP contribution in [0, 0.1) is 0 Å². The lowest BCUT2D eigenvalue weighted by atomic mass is 10.2. The van der Waals surface area contributed by atoms with Crippen LogP contribution in [-0.4, -0.2) is 25.6 Å². The van der Waals surface area contributed by atoms with Gasteiger partial charge in [0, 0.05) is 16.6 Å². The Morgan fingerprint density at radius 1 is 1.09 bits per heavy atom. The van der Waals surface area contributed by atoms with Gasteiger partial charge in [0.05, 0.1) is 24.9 Å². The highest BCUT2D eigenvalue weighted by Crippen LogP contribution is 2.36. The topological polar surface area (TPSA) is 42.5 Å². The monoisotopic (exact) mass is 368 g/mol. The van der Waals surface area contributed by atoms with E-state index >= 15 is 0 Å². The molecule has 0 heterocycles. The Bertz CT molecular complexity index is 710. The molecule has 122 valence electrons. The fourth-order valence-corrected chi connectivity index (χ4v) is 2.87. The normalized spacial score (nSPS) is 10.1. The van der Waals surface area contributed by atoms with Crippen LogP contribution < -0.4 is 20.1 Å². The molecule has 0 amide bonds. The summed E-state index contributed by atoms with van der Waals surface area (Å²) in [5.74, 6) is 1.13. The average molecular weight is 369 g/mol. The van der Waals surface area contributed by atoms with E-state index in [0.29, 0.717) is 27.3 Å². The Morgan fingerprint density at radius 2 is 1.83 bits per heavy atom. The van der Waals surface area contributed by atoms with Crippen molar-refractivity contribution in [3.63, 3.8) is 0 Å². The number of benzene rings is 2. The fraction of sp³-hybridized carbons (Fsp3) is 0.188. The molecule has 4 nitrogen and oxygen atoms in total. The lowest BCUT2D eigenvalue weighted by Gasteiger charge is -2.15. The predicted molar refractivity (Wildman–Crippen MR) is 103 cm³/mol. The maximum atomic E-state index is 6.15. The minimum Gasteiger partial charge on any atom is -0.495 e. The van der Waals surface area contributed by atoms with Crippen LogP contribution in [0.2, 0.25) is 5.02 Å². The van der Waals surface area contributed by atoms with Crippen LogP contribution in [-0.2, 0) is 0 Å². The molecule has 0 unspecified atom stereocenters. The first kappa shape index (κ1) is 17.7. The molecule has 2 aromatic rings. The first-order valence-corrected chi connectivity index (χ1v) is 8.72. The van der Waals surface area contributed by atoms with Crippen molar-refractivity contribution in [2.75, 3.05) is 31.1 Å². The maximum Gasteiger partial charge on any atom is 0.175 e. The smallest absolute Gasteiger partial charge is 0.175 e. The van der Waals surface area contributed by atoms with Crippen molar-refractivity contribution in [2.24, 2.45) is 0 Å². The summed E-state index contributed by atoms with van der Waals surface area (Å²) < 4.78 is 10.5. The lowest BCUT2D eigenvalue weighted by molar-refractivity contribution is 0.396. The second-order valence-electron chi connectivity index (χ2n) is 4.50. The third kappa shape index (κ3) is 4.67. The van der Waals surface area contributed by atoms with Crippen molar-refractivity contribution in [1.29, 1.82) is 0 Å². The van der Waals surface area contributed by atoms with Gasteiger partial charge in [-0.3, -0.25) is 0 Å². The van der Waals surface area contributed by atoms with Gasteiger partial charge in [0.15, 0.2) is 5.11 Å². The molecule has 0 saturated carbocycles. The Morgan fingerprint density at radius 3 is 2.48 bits per heavy atom. The number of thiocarbonyl (C=S) groups is 1. The number of ether oxygens (including phenoxy) is 2. The molecular formula is C16H17ClN2O2S2. The summed E-state index contributed by atoms with van der Waals surface area (Å²) in [6.45, 7) is 0. The van der Waals surface area contributed by atoms with E-state index in [1.54, 1.807) is 38.1 Å². The van der Waals surface area contributed by atoms with Crippen molar-refractivity contribution >= 4 is 52.1 Å². The van der Waals surface area contributed by atoms with Gasteiger partial charge in [-0.05, 0) is 42.7 Å². The third-order valence-corrected chi connectivity index (χ3v) is 4.27. The van der Waals surface area contributed by atoms with Gasteiger partial charge in [0.2, 0.25) is 0 Å². The summed E-state index contributed by atoms with van der Waals surface area (Å²) in [6, 6.07) is 11.4. The molecule has 0 aliphatic rings. The second-order valence-corrected chi connectivity index (χ2v) is 6.19. The van der Waals surface area contributed by atoms with Crippen LogP contribution in [0.5, 0.6) is 11.5 Å². The molecule has 0 aliphatic heterocycles. The molecule has 2 N–H and O–H groups in total. The highest BCUT2D eigenvalue weighted by atomic mass is 35.5. The van der Waals surface area contributed by atoms with Crippen molar-refractivity contribution < 1.29 is 9.47 Å². The molecule has 0 bridgehead atoms. The molecule has 0 saturated heterocycles. The Labute approximate surface area is 150 Å². The van der Waals surface area contributed by atoms with Gasteiger partial charge in [0.25, 0.3) is 0 Å². The van der Waals surface area contributed by atoms with Crippen LogP contribution in [0.4, 0.5) is 11.4 Å². The zero-order valence-corrected chi connectivity index (χ0v) is 15.4. The minimum atomic E-state index is 0.447. The van der Waals surface area contributed by atoms with Crippen molar-refractivity contribution in [1.82, 2.24) is 0 Å². The van der Waals surface area contributed by atoms with Gasteiger partial charge in [0.1, 0.15) is 11.5 Å². The van der Waals surface area contributed by atoms with E-state index in [2.05, 4.69) is 10.6 Å². The quantitative estimate of drug-likeness (QED) is 0.578. The predicted octanol–water partition coefficient (Wildman–Crippen LogP) is 4.89. The Balaban J connectivity index is 2.14. The summed E-state index contributed by atoms with van der Waals surface area (Å²) >= 11 is 13.2. The molecule has 0 spiro atoms. The SMILES string of the molecule is COc1cc(OC)c(NC(=S)Nc2cccc(SC)c2)cc1Cl. The van der Waals surface area contributed by atoms with Crippen LogP contribution in [0.25, 0.3) is 0 Å². The van der Waals surface area contributed by atoms with E-state index in [1.807, 2.05) is 30.5 Å². The van der Waals surface area contributed by atoms with Crippen LogP contribution in [0.3, 0.4) is 0 Å². The molecule has 0 aromatic heterocycles. The summed E-state index contributed by atoms with van der Waals surface area (Å²) in [5, 5.41) is 7.15. The lowest BCUT2D eigenvalue weighted by Crippen LogP contribution is -2.19. The number of nitrogens with one attached hydrogen (secondary N) is 2. The van der Waals surface area contributed by atoms with E-state index in [0.717, 1.165) is 10.6 Å². The van der Waals surface area contributed by atoms with Crippen LogP contribution in [0.15, 0.2) is 41.3 Å². The largest absolute Gasteiger partial charge is 0.495 e. The average Bonchev–Trinajstić information content (AvgIpc) is 2.55. The maximum absolute atomic E-state index is 6.15. The van der Waals surface area contributed by atoms with Crippen LogP contribution >= 0.6 is 35.6 Å². The van der Waals surface area contributed by atoms with Crippen molar-refractivity contribution in [3.8, 4) is 11.5 Å². The molecule has 0 fully saturated rings. The number of anilines is 2. The molecule has 7 heteroatoms. The van der Waals surface area contributed by atoms with Gasteiger partial charge in [-0.2, -0.15) is 0 Å². The number of thioether (sulfide) groups is 1. The number of hydrogen-bond donors (Lipinski definition) is 2. The first-order valence-electron chi connectivity index (χ1n) is 6.71. The second kappa shape index (κ2) is 8.29. The summed E-state index contributed by atoms with van der Waals surface area (Å²) in [6.07, 6.45) is 2.03. The minimum absolute atomic E-state index is 0.447. The fourth-order valence-electron chi connectivity index (χ4n) is 1.94. The van der Waals surface area contributed by atoms with Gasteiger partial charge < -0.3 is 20.1 Å². The number of rotatable bonds is 5. The summed E-state index contributed by atoms with van der Waals surface area (Å²) in [7, 11) is 3.13. The molecular weight excluding hydrogens is 352 g/mol. The number of methoxy groups -OCH3 is 2. The third-order valence-electron chi connectivity index (χ3n) is 3.05. The first-order chi connectivity index (χ1) is 11.1. The van der Waals surface area contributed by atoms with Crippen molar-refractivity contribution in [3.05, 3.63) is 41.4 Å². The zero-order chi connectivity index (χ0) is 16.8. The van der Waals surface area contributed by atoms with Gasteiger partial charge in [-0.25, -0.2) is 0 Å². The molecule has 0 aliphatic carbocycles. The van der Waals surface area contributed by atoms with Gasteiger partial charge >= 0.3 is 0 Å². The zero-order valence-electron chi connectivity index (χ0n) is 13.0. The van der Waals surface area contributed by atoms with Gasteiger partial charge in [-0.1, -0.05) is 17.7 Å². The van der Waals surface area contributed by atoms with Crippen molar-refractivity contribution in [2.45, 2.75) is 4.90 Å². The van der Waals surface area contributed by atoms with Crippen LogP contribution in [0.1, 0.15) is 0 Å². The molecule has 0 radical (unpaired) electrons. The van der Waals surface area contributed by atoms with E-state index in [1.165, 1.54) is 0 Å². The van der Waals surface area contributed by atoms with E-state index in [9.17, 15) is 0 Å². The van der Waals surface area contributed by atoms with E-state index in [-0.39, 0.29) is 0 Å². The number of hydrogen-bond acceptors (Lipinski definition) is 4. The Kier molecular flexibility index (Phi) is 6.38. The molecule has 2 rings (SSSR count). The number of halogens is 1. The highest BCUT2D eigenvalue weighted by Gasteiger charge is 2.11. The van der Waals surface area contributed by atoms with E-state index < -0.39 is 0 Å². The Hall–Kier alpha value is -1.63. The standard InChI is InChI=1S/C16H17ClN2O2S2/c1-20-14-9-15(21-2)13(8-12(14)17)19-16(22)18-10-5-4-6-11(7-10)23-3/h4-9H,1-3H3,(H2,18,19,22).